The Labute approximate surface area is 165 Å². The van der Waals surface area contributed by atoms with Gasteiger partial charge < -0.3 is 22.6 Å². The summed E-state index contributed by atoms with van der Waals surface area (Å²) in [6.45, 7) is 2.66. The molecule has 0 aromatic heterocycles. The van der Waals surface area contributed by atoms with Crippen molar-refractivity contribution in [2.75, 3.05) is 19.6 Å². The zero-order valence-electron chi connectivity index (χ0n) is 15.1. The first kappa shape index (κ1) is 21.1. The molecule has 1 heterocycles. The van der Waals surface area contributed by atoms with Crippen LogP contribution in [0, 0.1) is 5.82 Å². The number of likely N-dealkylation sites (tertiary alicyclic amines) is 1. The average Bonchev–Trinajstić information content (AvgIpc) is 2.68. The first-order valence-electron chi connectivity index (χ1n) is 9.10. The first-order valence-corrected chi connectivity index (χ1v) is 9.10. The van der Waals surface area contributed by atoms with Crippen LogP contribution in [0.25, 0.3) is 0 Å². The Morgan fingerprint density at radius 3 is 2.22 bits per heavy atom. The second-order valence-electron chi connectivity index (χ2n) is 6.79. The highest BCUT2D eigenvalue weighted by atomic mass is 35.5. The Hall–Kier alpha value is -2.24. The molecule has 1 aliphatic rings. The van der Waals surface area contributed by atoms with E-state index in [1.807, 2.05) is 30.3 Å². The Morgan fingerprint density at radius 2 is 1.59 bits per heavy atom. The molecule has 3 rings (SSSR count). The molecule has 1 fully saturated rings. The van der Waals surface area contributed by atoms with E-state index >= 15 is 0 Å². The van der Waals surface area contributed by atoms with Crippen LogP contribution in [-0.4, -0.2) is 37.4 Å². The minimum absolute atomic E-state index is 0. The molecule has 4 nitrogen and oxygen atoms in total. The van der Waals surface area contributed by atoms with Crippen LogP contribution in [-0.2, 0) is 0 Å². The summed E-state index contributed by atoms with van der Waals surface area (Å²) >= 11 is 0. The number of rotatable bonds is 6. The molecule has 27 heavy (non-hydrogen) atoms. The van der Waals surface area contributed by atoms with Crippen LogP contribution in [0.5, 0.6) is 0 Å². The van der Waals surface area contributed by atoms with Gasteiger partial charge in [-0.15, -0.1) is 0 Å². The van der Waals surface area contributed by atoms with Gasteiger partial charge in [0.25, 0.3) is 5.91 Å². The van der Waals surface area contributed by atoms with Crippen LogP contribution < -0.4 is 22.6 Å². The number of hydrogen-bond donors (Lipinski definition) is 2. The molecule has 2 aromatic rings. The smallest absolute Gasteiger partial charge is 0.251 e. The van der Waals surface area contributed by atoms with Gasteiger partial charge in [-0.25, -0.2) is 4.39 Å². The van der Waals surface area contributed by atoms with Crippen molar-refractivity contribution in [2.24, 2.45) is 0 Å². The largest absolute Gasteiger partial charge is 1.00 e. The second-order valence-corrected chi connectivity index (χ2v) is 6.79. The lowest BCUT2D eigenvalue weighted by atomic mass is 10.0. The minimum atomic E-state index is -0.327. The van der Waals surface area contributed by atoms with Gasteiger partial charge >= 0.3 is 0 Å². The highest BCUT2D eigenvalue weighted by molar-refractivity contribution is 5.96. The number of ketones is 1. The fourth-order valence-corrected chi connectivity index (χ4v) is 3.35. The summed E-state index contributed by atoms with van der Waals surface area (Å²) in [7, 11) is 0. The first-order chi connectivity index (χ1) is 12.6. The number of Topliss-reactive ketones (excluding diaryl/α,β-unsaturated/α-hetero) is 1. The summed E-state index contributed by atoms with van der Waals surface area (Å²) < 4.78 is 12.9. The number of piperidine rings is 1. The van der Waals surface area contributed by atoms with Crippen LogP contribution in [0.4, 0.5) is 4.39 Å². The van der Waals surface area contributed by atoms with Gasteiger partial charge in [0.15, 0.2) is 5.78 Å². The van der Waals surface area contributed by atoms with Gasteiger partial charge in [0.2, 0.25) is 0 Å². The molecule has 2 aromatic carbocycles. The van der Waals surface area contributed by atoms with Gasteiger partial charge in [0, 0.05) is 30.0 Å². The third-order valence-corrected chi connectivity index (χ3v) is 4.94. The van der Waals surface area contributed by atoms with E-state index in [0.717, 1.165) is 32.5 Å². The molecule has 0 aliphatic carbocycles. The monoisotopic (exact) mass is 390 g/mol. The Balaban J connectivity index is 0.00000261. The molecule has 0 saturated carbocycles. The molecule has 1 amide bonds. The molecular weight excluding hydrogens is 367 g/mol. The van der Waals surface area contributed by atoms with Crippen molar-refractivity contribution < 1.29 is 31.3 Å². The number of quaternary nitrogens is 1. The van der Waals surface area contributed by atoms with Crippen LogP contribution in [0.3, 0.4) is 0 Å². The number of amides is 1. The third kappa shape index (κ3) is 6.15. The van der Waals surface area contributed by atoms with E-state index in [4.69, 9.17) is 0 Å². The van der Waals surface area contributed by atoms with Crippen LogP contribution in [0.15, 0.2) is 54.6 Å². The highest BCUT2D eigenvalue weighted by Gasteiger charge is 2.24. The number of benzene rings is 2. The van der Waals surface area contributed by atoms with Gasteiger partial charge in [-0.1, -0.05) is 18.2 Å². The van der Waals surface area contributed by atoms with E-state index in [-0.39, 0.29) is 36.0 Å². The predicted octanol–water partition coefficient (Wildman–Crippen LogP) is -1.12. The van der Waals surface area contributed by atoms with Crippen molar-refractivity contribution in [1.29, 1.82) is 0 Å². The summed E-state index contributed by atoms with van der Waals surface area (Å²) in [5, 5.41) is 3.10. The quantitative estimate of drug-likeness (QED) is 0.614. The second kappa shape index (κ2) is 10.2. The fraction of sp³-hybridized carbons (Fsp3) is 0.333. The maximum Gasteiger partial charge on any atom is 0.251 e. The van der Waals surface area contributed by atoms with Crippen molar-refractivity contribution >= 4 is 11.7 Å². The summed E-state index contributed by atoms with van der Waals surface area (Å²) in [6, 6.07) is 15.2. The van der Waals surface area contributed by atoms with E-state index in [1.165, 1.54) is 17.0 Å². The molecule has 1 aliphatic heterocycles. The highest BCUT2D eigenvalue weighted by Crippen LogP contribution is 2.06. The fourth-order valence-electron chi connectivity index (χ4n) is 3.35. The number of hydrogen-bond acceptors (Lipinski definition) is 2. The molecule has 2 N–H and O–H groups in total. The molecular formula is C21H24ClFN2O2. The lowest BCUT2D eigenvalue weighted by Gasteiger charge is -2.29. The molecule has 0 unspecified atom stereocenters. The van der Waals surface area contributed by atoms with Gasteiger partial charge in [-0.3, -0.25) is 9.59 Å². The summed E-state index contributed by atoms with van der Waals surface area (Å²) in [5.74, 6) is -0.297. The number of carbonyl (C=O) groups excluding carboxylic acids is 2. The maximum atomic E-state index is 12.9. The van der Waals surface area contributed by atoms with Crippen LogP contribution in [0.1, 0.15) is 40.0 Å². The Morgan fingerprint density at radius 1 is 0.963 bits per heavy atom. The number of carbonyl (C=O) groups is 2. The van der Waals surface area contributed by atoms with Gasteiger partial charge in [-0.05, 0) is 36.4 Å². The Kier molecular flexibility index (Phi) is 7.95. The van der Waals surface area contributed by atoms with E-state index < -0.39 is 0 Å². The normalized spacial score (nSPS) is 19.0. The molecule has 0 bridgehead atoms. The summed E-state index contributed by atoms with van der Waals surface area (Å²) in [5.41, 5.74) is 1.25. The SMILES string of the molecule is O=C(CC[NH+]1CCC(NC(=O)c2ccccc2)CC1)c1ccc(F)cc1.[Cl-]. The van der Waals surface area contributed by atoms with E-state index in [1.54, 1.807) is 12.1 Å². The number of nitrogens with one attached hydrogen (secondary N) is 2. The van der Waals surface area contributed by atoms with Crippen LogP contribution >= 0.6 is 0 Å². The lowest BCUT2D eigenvalue weighted by molar-refractivity contribution is -0.904. The van der Waals surface area contributed by atoms with Crippen molar-refractivity contribution in [3.63, 3.8) is 0 Å². The van der Waals surface area contributed by atoms with Crippen molar-refractivity contribution in [3.8, 4) is 0 Å². The molecule has 0 atom stereocenters. The Bertz CT molecular complexity index is 745. The summed E-state index contributed by atoms with van der Waals surface area (Å²) in [4.78, 5) is 25.8. The standard InChI is InChI=1S/C21H23FN2O2.ClH/c22-18-8-6-16(7-9-18)20(25)12-15-24-13-10-19(11-14-24)23-21(26)17-4-2-1-3-5-17;/h1-9,19H,10-15H2,(H,23,26);1H. The average molecular weight is 391 g/mol. The molecule has 0 radical (unpaired) electrons. The maximum absolute atomic E-state index is 12.9. The third-order valence-electron chi connectivity index (χ3n) is 4.94. The molecule has 6 heteroatoms. The number of halogens is 2. The van der Waals surface area contributed by atoms with Gasteiger partial charge in [-0.2, -0.15) is 0 Å². The van der Waals surface area contributed by atoms with Crippen molar-refractivity contribution in [3.05, 3.63) is 71.5 Å². The van der Waals surface area contributed by atoms with E-state index in [0.29, 0.717) is 17.5 Å². The predicted molar refractivity (Wildman–Crippen MR) is 97.8 cm³/mol. The van der Waals surface area contributed by atoms with Crippen LogP contribution in [0.2, 0.25) is 0 Å². The van der Waals surface area contributed by atoms with E-state index in [2.05, 4.69) is 5.32 Å². The zero-order chi connectivity index (χ0) is 18.4. The van der Waals surface area contributed by atoms with Crippen molar-refractivity contribution in [1.82, 2.24) is 5.32 Å². The minimum Gasteiger partial charge on any atom is -1.00 e. The van der Waals surface area contributed by atoms with E-state index in [9.17, 15) is 14.0 Å². The topological polar surface area (TPSA) is 50.6 Å². The van der Waals surface area contributed by atoms with Gasteiger partial charge in [0.1, 0.15) is 5.82 Å². The van der Waals surface area contributed by atoms with Gasteiger partial charge in [0.05, 0.1) is 26.1 Å². The molecule has 144 valence electrons. The lowest BCUT2D eigenvalue weighted by Crippen LogP contribution is -3.13. The molecule has 0 spiro atoms. The van der Waals surface area contributed by atoms with Crippen molar-refractivity contribution in [2.45, 2.75) is 25.3 Å². The summed E-state index contributed by atoms with van der Waals surface area (Å²) in [6.07, 6.45) is 2.29. The zero-order valence-corrected chi connectivity index (χ0v) is 15.8. The molecule has 1 saturated heterocycles.